The third-order valence-corrected chi connectivity index (χ3v) is 1.41. The van der Waals surface area contributed by atoms with E-state index in [0.29, 0.717) is 0 Å². The standard InChI is InChI=1S/C7H12.C3H8/c1-2-4-6-7-5-3-1;1-3-2/h1-2H,3-7H2;3H2,1-2H3. The quantitative estimate of drug-likeness (QED) is 0.447. The summed E-state index contributed by atoms with van der Waals surface area (Å²) in [7, 11) is 0. The zero-order valence-corrected chi connectivity index (χ0v) is 7.40. The molecule has 0 aromatic heterocycles. The maximum absolute atomic E-state index is 2.30. The lowest BCUT2D eigenvalue weighted by atomic mass is 10.2. The van der Waals surface area contributed by atoms with Crippen LogP contribution in [0.1, 0.15) is 52.4 Å². The van der Waals surface area contributed by atoms with Gasteiger partial charge in [-0.1, -0.05) is 38.8 Å². The Morgan fingerprint density at radius 3 is 1.70 bits per heavy atom. The monoisotopic (exact) mass is 140 g/mol. The molecule has 0 amide bonds. The lowest BCUT2D eigenvalue weighted by Crippen LogP contribution is -1.67. The maximum Gasteiger partial charge on any atom is -0.0351 e. The van der Waals surface area contributed by atoms with Crippen LogP contribution in [-0.4, -0.2) is 0 Å². The van der Waals surface area contributed by atoms with E-state index in [1.54, 1.807) is 0 Å². The third kappa shape index (κ3) is 7.74. The van der Waals surface area contributed by atoms with Crippen LogP contribution in [0, 0.1) is 0 Å². The fraction of sp³-hybridized carbons (Fsp3) is 0.800. The molecule has 60 valence electrons. The van der Waals surface area contributed by atoms with Crippen molar-refractivity contribution in [1.82, 2.24) is 0 Å². The molecule has 0 atom stereocenters. The van der Waals surface area contributed by atoms with Crippen LogP contribution in [-0.2, 0) is 0 Å². The lowest BCUT2D eigenvalue weighted by Gasteiger charge is -1.86. The molecule has 0 aromatic rings. The van der Waals surface area contributed by atoms with Crippen LogP contribution in [0.4, 0.5) is 0 Å². The molecule has 0 fully saturated rings. The highest BCUT2D eigenvalue weighted by atomic mass is 13.9. The minimum atomic E-state index is 1.25. The SMILES string of the molecule is C1=CCCCCC1.CCC. The summed E-state index contributed by atoms with van der Waals surface area (Å²) >= 11 is 0. The Labute approximate surface area is 65.3 Å². The fourth-order valence-corrected chi connectivity index (χ4v) is 0.937. The third-order valence-electron chi connectivity index (χ3n) is 1.41. The second kappa shape index (κ2) is 8.74. The summed E-state index contributed by atoms with van der Waals surface area (Å²) in [6, 6.07) is 0. The van der Waals surface area contributed by atoms with Crippen LogP contribution < -0.4 is 0 Å². The normalized spacial score (nSPS) is 17.0. The Hall–Kier alpha value is -0.260. The summed E-state index contributed by atoms with van der Waals surface area (Å²) < 4.78 is 0. The highest BCUT2D eigenvalue weighted by Crippen LogP contribution is 2.08. The Morgan fingerprint density at radius 2 is 1.30 bits per heavy atom. The second-order valence-corrected chi connectivity index (χ2v) is 2.82. The predicted molar refractivity (Wildman–Crippen MR) is 48.2 cm³/mol. The van der Waals surface area contributed by atoms with Crippen LogP contribution in [0.25, 0.3) is 0 Å². The molecule has 0 heteroatoms. The van der Waals surface area contributed by atoms with Gasteiger partial charge in [0.15, 0.2) is 0 Å². The van der Waals surface area contributed by atoms with Crippen molar-refractivity contribution in [3.8, 4) is 0 Å². The molecular formula is C10H20. The van der Waals surface area contributed by atoms with Gasteiger partial charge in [-0.15, -0.1) is 0 Å². The topological polar surface area (TPSA) is 0 Å². The first kappa shape index (κ1) is 9.74. The summed E-state index contributed by atoms with van der Waals surface area (Å²) in [5.74, 6) is 0. The van der Waals surface area contributed by atoms with Crippen LogP contribution >= 0.6 is 0 Å². The first-order valence-corrected chi connectivity index (χ1v) is 4.56. The molecule has 1 aliphatic carbocycles. The maximum atomic E-state index is 2.30. The highest BCUT2D eigenvalue weighted by molar-refractivity contribution is 4.83. The molecule has 0 radical (unpaired) electrons. The van der Waals surface area contributed by atoms with Gasteiger partial charge in [-0.2, -0.15) is 0 Å². The molecule has 1 rings (SSSR count). The van der Waals surface area contributed by atoms with E-state index in [4.69, 9.17) is 0 Å². The summed E-state index contributed by atoms with van der Waals surface area (Å²) in [5, 5.41) is 0. The molecule has 0 saturated heterocycles. The number of hydrogen-bond donors (Lipinski definition) is 0. The van der Waals surface area contributed by atoms with E-state index in [-0.39, 0.29) is 0 Å². The molecule has 0 nitrogen and oxygen atoms in total. The van der Waals surface area contributed by atoms with Gasteiger partial charge >= 0.3 is 0 Å². The zero-order chi connectivity index (χ0) is 7.66. The molecule has 0 saturated carbocycles. The Morgan fingerprint density at radius 1 is 0.900 bits per heavy atom. The van der Waals surface area contributed by atoms with Gasteiger partial charge < -0.3 is 0 Å². The second-order valence-electron chi connectivity index (χ2n) is 2.82. The van der Waals surface area contributed by atoms with Crippen molar-refractivity contribution in [3.05, 3.63) is 12.2 Å². The minimum Gasteiger partial charge on any atom is -0.0885 e. The molecule has 0 aromatic carbocycles. The van der Waals surface area contributed by atoms with E-state index in [0.717, 1.165) is 0 Å². The van der Waals surface area contributed by atoms with Crippen molar-refractivity contribution < 1.29 is 0 Å². The van der Waals surface area contributed by atoms with E-state index < -0.39 is 0 Å². The van der Waals surface area contributed by atoms with Gasteiger partial charge in [-0.25, -0.2) is 0 Å². The summed E-state index contributed by atoms with van der Waals surface area (Å²) in [4.78, 5) is 0. The Balaban J connectivity index is 0.000000236. The molecule has 10 heavy (non-hydrogen) atoms. The average molecular weight is 140 g/mol. The summed E-state index contributed by atoms with van der Waals surface area (Å²) in [5.41, 5.74) is 0. The predicted octanol–water partition coefficient (Wildman–Crippen LogP) is 3.92. The molecule has 1 aliphatic rings. The van der Waals surface area contributed by atoms with Gasteiger partial charge in [0.2, 0.25) is 0 Å². The van der Waals surface area contributed by atoms with Crippen molar-refractivity contribution in [2.24, 2.45) is 0 Å². The smallest absolute Gasteiger partial charge is 0.0351 e. The molecule has 0 bridgehead atoms. The highest BCUT2D eigenvalue weighted by Gasteiger charge is 1.88. The number of allylic oxidation sites excluding steroid dienone is 2. The molecule has 0 unspecified atom stereocenters. The van der Waals surface area contributed by atoms with Gasteiger partial charge in [0.1, 0.15) is 0 Å². The van der Waals surface area contributed by atoms with Crippen LogP contribution in [0.5, 0.6) is 0 Å². The molecular weight excluding hydrogens is 120 g/mol. The lowest BCUT2D eigenvalue weighted by molar-refractivity contribution is 0.718. The fourth-order valence-electron chi connectivity index (χ4n) is 0.937. The Bertz CT molecular complexity index is 64.1. The van der Waals surface area contributed by atoms with Crippen molar-refractivity contribution in [1.29, 1.82) is 0 Å². The van der Waals surface area contributed by atoms with Gasteiger partial charge in [-0.3, -0.25) is 0 Å². The molecule has 0 N–H and O–H groups in total. The first-order valence-electron chi connectivity index (χ1n) is 4.56. The van der Waals surface area contributed by atoms with E-state index in [9.17, 15) is 0 Å². The van der Waals surface area contributed by atoms with Gasteiger partial charge in [0.05, 0.1) is 0 Å². The van der Waals surface area contributed by atoms with Crippen molar-refractivity contribution in [2.75, 3.05) is 0 Å². The van der Waals surface area contributed by atoms with Crippen molar-refractivity contribution in [2.45, 2.75) is 52.4 Å². The first-order chi connectivity index (χ1) is 4.91. The Kier molecular flexibility index (Phi) is 8.51. The minimum absolute atomic E-state index is 1.25. The molecule has 0 aliphatic heterocycles. The summed E-state index contributed by atoms with van der Waals surface area (Å²) in [6.07, 6.45) is 12.8. The van der Waals surface area contributed by atoms with Gasteiger partial charge in [0, 0.05) is 0 Å². The van der Waals surface area contributed by atoms with Crippen LogP contribution in [0.2, 0.25) is 0 Å². The van der Waals surface area contributed by atoms with E-state index in [1.165, 1.54) is 38.5 Å². The average Bonchev–Trinajstić information content (AvgIpc) is 2.17. The van der Waals surface area contributed by atoms with Crippen LogP contribution in [0.15, 0.2) is 12.2 Å². The largest absolute Gasteiger partial charge is 0.0885 e. The van der Waals surface area contributed by atoms with Crippen molar-refractivity contribution >= 4 is 0 Å². The molecule has 0 spiro atoms. The zero-order valence-electron chi connectivity index (χ0n) is 7.40. The van der Waals surface area contributed by atoms with Crippen molar-refractivity contribution in [3.63, 3.8) is 0 Å². The van der Waals surface area contributed by atoms with E-state index in [1.807, 2.05) is 0 Å². The van der Waals surface area contributed by atoms with E-state index in [2.05, 4.69) is 26.0 Å². The molecule has 0 heterocycles. The van der Waals surface area contributed by atoms with E-state index >= 15 is 0 Å². The number of hydrogen-bond acceptors (Lipinski definition) is 0. The summed E-state index contributed by atoms with van der Waals surface area (Å²) in [6.45, 7) is 4.25. The number of rotatable bonds is 0. The van der Waals surface area contributed by atoms with Crippen LogP contribution in [0.3, 0.4) is 0 Å². The van der Waals surface area contributed by atoms with Gasteiger partial charge in [-0.05, 0) is 25.7 Å². The van der Waals surface area contributed by atoms with Gasteiger partial charge in [0.25, 0.3) is 0 Å².